The molecule has 156 valence electrons. The van der Waals surface area contributed by atoms with Crippen molar-refractivity contribution in [3.8, 4) is 5.75 Å². The van der Waals surface area contributed by atoms with Crippen LogP contribution in [0.4, 0.5) is 24.5 Å². The van der Waals surface area contributed by atoms with E-state index in [-0.39, 0.29) is 34.7 Å². The molecule has 0 heterocycles. The molecular weight excluding hydrogens is 409 g/mol. The topological polar surface area (TPSA) is 119 Å². The van der Waals surface area contributed by atoms with Crippen LogP contribution in [0.25, 0.3) is 6.08 Å². The number of alkyl halides is 3. The molecule has 1 amide bonds. The standard InChI is InChI=1S/C19H13F3N2O6/c20-19(21,22)16(25)23-15-5-1-4-14-13(15)3-2-10-18(14,27)17(26)30-12-8-6-11(7-9-12)24(28)29/h1-9,27H,10H2,(H,23,25). The van der Waals surface area contributed by atoms with Gasteiger partial charge in [-0.05, 0) is 18.2 Å². The summed E-state index contributed by atoms with van der Waals surface area (Å²) in [7, 11) is 0. The molecule has 1 aliphatic rings. The van der Waals surface area contributed by atoms with E-state index in [1.54, 1.807) is 5.32 Å². The molecule has 0 aromatic heterocycles. The smallest absolute Gasteiger partial charge is 0.424 e. The number of ether oxygens (including phenoxy) is 1. The largest absolute Gasteiger partial charge is 0.471 e. The molecule has 0 aliphatic heterocycles. The highest BCUT2D eigenvalue weighted by Crippen LogP contribution is 2.38. The highest BCUT2D eigenvalue weighted by molar-refractivity contribution is 5.98. The molecule has 1 atom stereocenters. The Balaban J connectivity index is 1.90. The van der Waals surface area contributed by atoms with E-state index < -0.39 is 28.6 Å². The van der Waals surface area contributed by atoms with Crippen LogP contribution >= 0.6 is 0 Å². The molecule has 0 fully saturated rings. The van der Waals surface area contributed by atoms with E-state index in [1.807, 2.05) is 0 Å². The van der Waals surface area contributed by atoms with Crippen LogP contribution < -0.4 is 10.1 Å². The Morgan fingerprint density at radius 3 is 2.43 bits per heavy atom. The number of fused-ring (bicyclic) bond motifs is 1. The molecule has 8 nitrogen and oxygen atoms in total. The van der Waals surface area contributed by atoms with Gasteiger partial charge in [0.2, 0.25) is 0 Å². The summed E-state index contributed by atoms with van der Waals surface area (Å²) in [6.07, 6.45) is -2.63. The Morgan fingerprint density at radius 2 is 1.83 bits per heavy atom. The lowest BCUT2D eigenvalue weighted by molar-refractivity contribution is -0.384. The Bertz CT molecular complexity index is 1050. The van der Waals surface area contributed by atoms with Crippen molar-refractivity contribution >= 4 is 29.3 Å². The molecule has 1 unspecified atom stereocenters. The van der Waals surface area contributed by atoms with Crippen LogP contribution in [0.5, 0.6) is 5.75 Å². The number of nitro groups is 1. The quantitative estimate of drug-likeness (QED) is 0.338. The molecule has 0 saturated heterocycles. The van der Waals surface area contributed by atoms with E-state index in [0.717, 1.165) is 12.1 Å². The number of rotatable bonds is 4. The molecule has 3 rings (SSSR count). The van der Waals surface area contributed by atoms with Crippen LogP contribution in [-0.4, -0.2) is 28.1 Å². The number of non-ortho nitro benzene ring substituents is 1. The fraction of sp³-hybridized carbons (Fsp3) is 0.158. The van der Waals surface area contributed by atoms with E-state index in [4.69, 9.17) is 4.74 Å². The molecule has 0 radical (unpaired) electrons. The van der Waals surface area contributed by atoms with E-state index in [1.165, 1.54) is 42.5 Å². The number of carbonyl (C=O) groups excluding carboxylic acids is 2. The molecule has 1 aliphatic carbocycles. The van der Waals surface area contributed by atoms with Gasteiger partial charge in [0.1, 0.15) is 5.75 Å². The summed E-state index contributed by atoms with van der Waals surface area (Å²) in [6, 6.07) is 8.32. The first-order valence-electron chi connectivity index (χ1n) is 8.39. The zero-order valence-corrected chi connectivity index (χ0v) is 15.0. The summed E-state index contributed by atoms with van der Waals surface area (Å²) in [6.45, 7) is 0. The summed E-state index contributed by atoms with van der Waals surface area (Å²) in [5, 5.41) is 23.3. The highest BCUT2D eigenvalue weighted by Gasteiger charge is 2.44. The van der Waals surface area contributed by atoms with Gasteiger partial charge < -0.3 is 15.2 Å². The van der Waals surface area contributed by atoms with Crippen LogP contribution in [0.15, 0.2) is 48.5 Å². The summed E-state index contributed by atoms with van der Waals surface area (Å²) >= 11 is 0. The number of esters is 1. The third kappa shape index (κ3) is 4.01. The maximum absolute atomic E-state index is 12.7. The van der Waals surface area contributed by atoms with Gasteiger partial charge in [0.25, 0.3) is 5.69 Å². The Morgan fingerprint density at radius 1 is 1.17 bits per heavy atom. The molecule has 0 spiro atoms. The third-order valence-electron chi connectivity index (χ3n) is 4.35. The molecule has 11 heteroatoms. The maximum Gasteiger partial charge on any atom is 0.471 e. The SMILES string of the molecule is O=C(Nc1cccc2c1C=CCC2(O)C(=O)Oc1ccc([N+](=O)[O-])cc1)C(F)(F)F. The third-order valence-corrected chi connectivity index (χ3v) is 4.35. The van der Waals surface area contributed by atoms with Gasteiger partial charge in [-0.15, -0.1) is 0 Å². The average molecular weight is 422 g/mol. The number of benzene rings is 2. The molecule has 30 heavy (non-hydrogen) atoms. The van der Waals surface area contributed by atoms with Crippen LogP contribution in [-0.2, 0) is 15.2 Å². The van der Waals surface area contributed by atoms with Crippen molar-refractivity contribution in [2.75, 3.05) is 5.32 Å². The zero-order chi connectivity index (χ0) is 22.1. The van der Waals surface area contributed by atoms with Gasteiger partial charge in [0, 0.05) is 35.4 Å². The lowest BCUT2D eigenvalue weighted by atomic mass is 9.82. The van der Waals surface area contributed by atoms with Crippen molar-refractivity contribution in [2.45, 2.75) is 18.2 Å². The van der Waals surface area contributed by atoms with Crippen molar-refractivity contribution in [3.05, 3.63) is 69.8 Å². The Hall–Kier alpha value is -3.73. The van der Waals surface area contributed by atoms with Gasteiger partial charge in [-0.3, -0.25) is 14.9 Å². The molecule has 0 saturated carbocycles. The number of hydrogen-bond acceptors (Lipinski definition) is 6. The van der Waals surface area contributed by atoms with Crippen molar-refractivity contribution in [1.82, 2.24) is 0 Å². The van der Waals surface area contributed by atoms with Crippen molar-refractivity contribution < 1.29 is 37.5 Å². The number of nitrogens with one attached hydrogen (secondary N) is 1. The van der Waals surface area contributed by atoms with Gasteiger partial charge in [0.15, 0.2) is 5.60 Å². The van der Waals surface area contributed by atoms with E-state index in [9.17, 15) is 38.0 Å². The number of nitrogens with zero attached hydrogens (tertiary/aromatic N) is 1. The lowest BCUT2D eigenvalue weighted by Crippen LogP contribution is -2.40. The normalized spacial score (nSPS) is 17.7. The van der Waals surface area contributed by atoms with Crippen LogP contribution in [0.1, 0.15) is 17.5 Å². The first-order valence-corrected chi connectivity index (χ1v) is 8.39. The van der Waals surface area contributed by atoms with Crippen molar-refractivity contribution in [1.29, 1.82) is 0 Å². The Labute approximate surface area is 166 Å². The summed E-state index contributed by atoms with van der Waals surface area (Å²) in [5.41, 5.74) is -2.76. The lowest BCUT2D eigenvalue weighted by Gasteiger charge is -2.30. The van der Waals surface area contributed by atoms with Gasteiger partial charge in [0.05, 0.1) is 4.92 Å². The first-order chi connectivity index (χ1) is 14.0. The second-order valence-corrected chi connectivity index (χ2v) is 6.33. The molecule has 2 N–H and O–H groups in total. The van der Waals surface area contributed by atoms with Gasteiger partial charge in [-0.25, -0.2) is 4.79 Å². The predicted molar refractivity (Wildman–Crippen MR) is 97.4 cm³/mol. The average Bonchev–Trinajstić information content (AvgIpc) is 2.68. The second-order valence-electron chi connectivity index (χ2n) is 6.33. The predicted octanol–water partition coefficient (Wildman–Crippen LogP) is 3.31. The molecular formula is C19H13F3N2O6. The highest BCUT2D eigenvalue weighted by atomic mass is 19.4. The van der Waals surface area contributed by atoms with E-state index in [0.29, 0.717) is 0 Å². The number of nitro benzene ring substituents is 1. The van der Waals surface area contributed by atoms with Crippen LogP contribution in [0, 0.1) is 10.1 Å². The number of hydrogen-bond donors (Lipinski definition) is 2. The fourth-order valence-corrected chi connectivity index (χ4v) is 2.89. The summed E-state index contributed by atoms with van der Waals surface area (Å²) < 4.78 is 42.8. The second kappa shape index (κ2) is 7.59. The number of anilines is 1. The minimum Gasteiger partial charge on any atom is -0.424 e. The Kier molecular flexibility index (Phi) is 5.31. The van der Waals surface area contributed by atoms with Gasteiger partial charge in [-0.2, -0.15) is 13.2 Å². The minimum atomic E-state index is -5.12. The molecule has 2 aromatic carbocycles. The van der Waals surface area contributed by atoms with Gasteiger partial charge >= 0.3 is 18.1 Å². The number of carbonyl (C=O) groups is 2. The van der Waals surface area contributed by atoms with Gasteiger partial charge in [-0.1, -0.05) is 24.3 Å². The summed E-state index contributed by atoms with van der Waals surface area (Å²) in [5.74, 6) is -3.41. The molecule has 2 aromatic rings. The number of aliphatic hydroxyl groups is 1. The maximum atomic E-state index is 12.7. The zero-order valence-electron chi connectivity index (χ0n) is 15.0. The van der Waals surface area contributed by atoms with Crippen LogP contribution in [0.2, 0.25) is 0 Å². The molecule has 0 bridgehead atoms. The first kappa shape index (κ1) is 21.0. The fourth-order valence-electron chi connectivity index (χ4n) is 2.89. The number of amides is 1. The van der Waals surface area contributed by atoms with Crippen molar-refractivity contribution in [2.24, 2.45) is 0 Å². The van der Waals surface area contributed by atoms with E-state index >= 15 is 0 Å². The number of halogens is 3. The minimum absolute atomic E-state index is 0.0181. The van der Waals surface area contributed by atoms with E-state index in [2.05, 4.69) is 0 Å². The summed E-state index contributed by atoms with van der Waals surface area (Å²) in [4.78, 5) is 34.0. The van der Waals surface area contributed by atoms with Crippen molar-refractivity contribution in [3.63, 3.8) is 0 Å². The van der Waals surface area contributed by atoms with Crippen LogP contribution in [0.3, 0.4) is 0 Å². The monoisotopic (exact) mass is 422 g/mol.